The van der Waals surface area contributed by atoms with Crippen LogP contribution in [-0.2, 0) is 4.79 Å². The summed E-state index contributed by atoms with van der Waals surface area (Å²) in [7, 11) is 0. The molecular weight excluding hydrogens is 180 g/mol. The number of hydrogen-bond acceptors (Lipinski definition) is 2. The number of aliphatic carboxylic acids is 1. The quantitative estimate of drug-likeness (QED) is 0.660. The van der Waals surface area contributed by atoms with Gasteiger partial charge in [-0.15, -0.1) is 0 Å². The van der Waals surface area contributed by atoms with Gasteiger partial charge in [0, 0.05) is 5.56 Å². The average Bonchev–Trinajstić information content (AvgIpc) is 2.10. The molecule has 0 aliphatic carbocycles. The molecule has 0 heterocycles. The van der Waals surface area contributed by atoms with Crippen LogP contribution in [0.5, 0.6) is 5.75 Å². The highest BCUT2D eigenvalue weighted by Crippen LogP contribution is 2.14. The van der Waals surface area contributed by atoms with E-state index >= 15 is 0 Å². The van der Waals surface area contributed by atoms with Crippen LogP contribution in [0, 0.1) is 18.8 Å². The minimum atomic E-state index is -0.949. The molecule has 1 rings (SSSR count). The monoisotopic (exact) mass is 190 g/mol. The molecular formula is C11H10O3. The molecule has 72 valence electrons. The molecule has 0 saturated heterocycles. The lowest BCUT2D eigenvalue weighted by Gasteiger charge is -1.97. The summed E-state index contributed by atoms with van der Waals surface area (Å²) in [6, 6.07) is 4.82. The SMILES string of the molecule is Cc1ccc(O)cc1C#CCC(=O)O. The van der Waals surface area contributed by atoms with Crippen molar-refractivity contribution >= 4 is 5.97 Å². The van der Waals surface area contributed by atoms with Crippen molar-refractivity contribution in [3.05, 3.63) is 29.3 Å². The van der Waals surface area contributed by atoms with Crippen molar-refractivity contribution < 1.29 is 15.0 Å². The number of carboxylic acids is 1. The third-order valence-corrected chi connectivity index (χ3v) is 1.68. The maximum Gasteiger partial charge on any atom is 0.315 e. The number of carboxylic acid groups (broad SMARTS) is 1. The molecule has 0 aromatic heterocycles. The van der Waals surface area contributed by atoms with E-state index in [1.54, 1.807) is 12.1 Å². The molecule has 0 radical (unpaired) electrons. The van der Waals surface area contributed by atoms with Crippen LogP contribution in [0.25, 0.3) is 0 Å². The fraction of sp³-hybridized carbons (Fsp3) is 0.182. The van der Waals surface area contributed by atoms with E-state index in [0.717, 1.165) is 5.56 Å². The molecule has 0 aliphatic heterocycles. The third-order valence-electron chi connectivity index (χ3n) is 1.68. The minimum absolute atomic E-state index is 0.134. The van der Waals surface area contributed by atoms with Gasteiger partial charge < -0.3 is 10.2 Å². The van der Waals surface area contributed by atoms with Gasteiger partial charge in [0.15, 0.2) is 0 Å². The summed E-state index contributed by atoms with van der Waals surface area (Å²) in [5.74, 6) is 4.39. The summed E-state index contributed by atoms with van der Waals surface area (Å²) in [6.45, 7) is 1.85. The normalized spacial score (nSPS) is 8.93. The van der Waals surface area contributed by atoms with Crippen molar-refractivity contribution in [2.75, 3.05) is 0 Å². The van der Waals surface area contributed by atoms with Gasteiger partial charge in [0.1, 0.15) is 12.2 Å². The number of aryl methyl sites for hydroxylation is 1. The Morgan fingerprint density at radius 1 is 1.50 bits per heavy atom. The fourth-order valence-electron chi connectivity index (χ4n) is 0.960. The largest absolute Gasteiger partial charge is 0.508 e. The van der Waals surface area contributed by atoms with Crippen molar-refractivity contribution in [2.24, 2.45) is 0 Å². The molecule has 0 saturated carbocycles. The van der Waals surface area contributed by atoms with E-state index in [9.17, 15) is 4.79 Å². The lowest BCUT2D eigenvalue weighted by Crippen LogP contribution is -1.90. The van der Waals surface area contributed by atoms with E-state index in [-0.39, 0.29) is 12.2 Å². The Morgan fingerprint density at radius 2 is 2.21 bits per heavy atom. The zero-order chi connectivity index (χ0) is 10.6. The summed E-state index contributed by atoms with van der Waals surface area (Å²) >= 11 is 0. The van der Waals surface area contributed by atoms with Gasteiger partial charge in [0.05, 0.1) is 0 Å². The lowest BCUT2D eigenvalue weighted by molar-refractivity contribution is -0.135. The zero-order valence-corrected chi connectivity index (χ0v) is 7.74. The number of phenolic OH excluding ortho intramolecular Hbond substituents is 1. The van der Waals surface area contributed by atoms with Crippen molar-refractivity contribution in [3.8, 4) is 17.6 Å². The van der Waals surface area contributed by atoms with E-state index in [1.165, 1.54) is 6.07 Å². The number of carbonyl (C=O) groups is 1. The predicted molar refractivity (Wildman–Crippen MR) is 52.0 cm³/mol. The molecule has 1 aromatic carbocycles. The molecule has 14 heavy (non-hydrogen) atoms. The van der Waals surface area contributed by atoms with Gasteiger partial charge in [0.25, 0.3) is 0 Å². The van der Waals surface area contributed by atoms with Gasteiger partial charge in [-0.1, -0.05) is 17.9 Å². The Balaban J connectivity index is 2.88. The lowest BCUT2D eigenvalue weighted by atomic mass is 10.1. The number of rotatable bonds is 1. The molecule has 0 aliphatic rings. The van der Waals surface area contributed by atoms with Crippen molar-refractivity contribution in [1.29, 1.82) is 0 Å². The fourth-order valence-corrected chi connectivity index (χ4v) is 0.960. The van der Waals surface area contributed by atoms with Crippen molar-refractivity contribution in [3.63, 3.8) is 0 Å². The van der Waals surface area contributed by atoms with Crippen LogP contribution in [0.4, 0.5) is 0 Å². The van der Waals surface area contributed by atoms with E-state index in [1.807, 2.05) is 6.92 Å². The van der Waals surface area contributed by atoms with Crippen LogP contribution >= 0.6 is 0 Å². The van der Waals surface area contributed by atoms with E-state index in [2.05, 4.69) is 11.8 Å². The Labute approximate surface area is 82.0 Å². The molecule has 0 atom stereocenters. The first kappa shape index (κ1) is 10.1. The Bertz CT molecular complexity index is 410. The van der Waals surface area contributed by atoms with E-state index in [0.29, 0.717) is 5.56 Å². The smallest absolute Gasteiger partial charge is 0.315 e. The predicted octanol–water partition coefficient (Wildman–Crippen LogP) is 1.53. The number of phenols is 1. The molecule has 0 fully saturated rings. The van der Waals surface area contributed by atoms with Gasteiger partial charge in [-0.25, -0.2) is 0 Å². The summed E-state index contributed by atoms with van der Waals surface area (Å²) in [5.41, 5.74) is 1.58. The summed E-state index contributed by atoms with van der Waals surface area (Å²) in [6.07, 6.45) is -0.185. The number of hydrogen-bond donors (Lipinski definition) is 2. The standard InChI is InChI=1S/C11H10O3/c1-8-5-6-10(12)7-9(8)3-2-4-11(13)14/h5-7,12H,4H2,1H3,(H,13,14). The van der Waals surface area contributed by atoms with Crippen LogP contribution in [0.3, 0.4) is 0 Å². The summed E-state index contributed by atoms with van der Waals surface area (Å²) in [5, 5.41) is 17.5. The van der Waals surface area contributed by atoms with E-state index < -0.39 is 5.97 Å². The first-order chi connectivity index (χ1) is 6.59. The second-order valence-corrected chi connectivity index (χ2v) is 2.87. The van der Waals surface area contributed by atoms with Gasteiger partial charge >= 0.3 is 5.97 Å². The zero-order valence-electron chi connectivity index (χ0n) is 7.74. The Kier molecular flexibility index (Phi) is 3.14. The maximum atomic E-state index is 10.2. The first-order valence-electron chi connectivity index (χ1n) is 4.10. The molecule has 1 aromatic rings. The molecule has 0 amide bonds. The molecule has 3 heteroatoms. The minimum Gasteiger partial charge on any atom is -0.508 e. The highest BCUT2D eigenvalue weighted by molar-refractivity contribution is 5.70. The van der Waals surface area contributed by atoms with Crippen LogP contribution in [0.15, 0.2) is 18.2 Å². The first-order valence-corrected chi connectivity index (χ1v) is 4.10. The molecule has 0 spiro atoms. The highest BCUT2D eigenvalue weighted by atomic mass is 16.4. The maximum absolute atomic E-state index is 10.2. The van der Waals surface area contributed by atoms with Crippen molar-refractivity contribution in [2.45, 2.75) is 13.3 Å². The molecule has 3 nitrogen and oxygen atoms in total. The molecule has 2 N–H and O–H groups in total. The Hall–Kier alpha value is -1.95. The second-order valence-electron chi connectivity index (χ2n) is 2.87. The summed E-state index contributed by atoms with van der Waals surface area (Å²) < 4.78 is 0. The number of aromatic hydroxyl groups is 1. The average molecular weight is 190 g/mol. The van der Waals surface area contributed by atoms with Crippen LogP contribution < -0.4 is 0 Å². The third kappa shape index (κ3) is 2.83. The van der Waals surface area contributed by atoms with Crippen LogP contribution in [0.1, 0.15) is 17.5 Å². The van der Waals surface area contributed by atoms with Gasteiger partial charge in [-0.3, -0.25) is 4.79 Å². The van der Waals surface area contributed by atoms with Crippen LogP contribution in [0.2, 0.25) is 0 Å². The van der Waals surface area contributed by atoms with E-state index in [4.69, 9.17) is 10.2 Å². The van der Waals surface area contributed by atoms with Gasteiger partial charge in [0.2, 0.25) is 0 Å². The van der Waals surface area contributed by atoms with Crippen LogP contribution in [-0.4, -0.2) is 16.2 Å². The van der Waals surface area contributed by atoms with Gasteiger partial charge in [-0.05, 0) is 24.6 Å². The molecule has 0 unspecified atom stereocenters. The Morgan fingerprint density at radius 3 is 2.86 bits per heavy atom. The molecule has 0 bridgehead atoms. The summed E-state index contributed by atoms with van der Waals surface area (Å²) in [4.78, 5) is 10.2. The topological polar surface area (TPSA) is 57.5 Å². The highest BCUT2D eigenvalue weighted by Gasteiger charge is 1.96. The number of benzene rings is 1. The van der Waals surface area contributed by atoms with Crippen molar-refractivity contribution in [1.82, 2.24) is 0 Å². The van der Waals surface area contributed by atoms with Gasteiger partial charge in [-0.2, -0.15) is 0 Å². The second kappa shape index (κ2) is 4.33.